The van der Waals surface area contributed by atoms with E-state index in [9.17, 15) is 0 Å². The van der Waals surface area contributed by atoms with Gasteiger partial charge in [0, 0.05) is 6.08 Å². The van der Waals surface area contributed by atoms with Crippen LogP contribution in [0.25, 0.3) is 12.2 Å². The highest BCUT2D eigenvalue weighted by molar-refractivity contribution is 5.65. The molecule has 0 aromatic heterocycles. The molecule has 1 heteroatoms. The fourth-order valence-electron chi connectivity index (χ4n) is 0.976. The Labute approximate surface area is 72.3 Å². The minimum atomic E-state index is 1.02. The fourth-order valence-corrected chi connectivity index (χ4v) is 0.976. The maximum Gasteiger partial charge on any atom is 0.0912 e. The summed E-state index contributed by atoms with van der Waals surface area (Å²) in [6.45, 7) is 3.68. The first-order chi connectivity index (χ1) is 5.88. The van der Waals surface area contributed by atoms with Gasteiger partial charge in [-0.2, -0.15) is 5.26 Å². The van der Waals surface area contributed by atoms with E-state index in [0.717, 1.165) is 11.1 Å². The van der Waals surface area contributed by atoms with Gasteiger partial charge in [0.05, 0.1) is 6.07 Å². The first-order valence-corrected chi connectivity index (χ1v) is 3.66. The van der Waals surface area contributed by atoms with E-state index in [2.05, 4.69) is 6.58 Å². The van der Waals surface area contributed by atoms with Crippen molar-refractivity contribution in [3.8, 4) is 6.07 Å². The molecular weight excluding hydrogens is 146 g/mol. The molecule has 1 nitrogen and oxygen atoms in total. The monoisotopic (exact) mass is 155 g/mol. The van der Waals surface area contributed by atoms with Crippen LogP contribution in [0, 0.1) is 11.3 Å². The second-order valence-electron chi connectivity index (χ2n) is 2.30. The van der Waals surface area contributed by atoms with E-state index in [1.54, 1.807) is 12.2 Å². The summed E-state index contributed by atoms with van der Waals surface area (Å²) in [6.07, 6.45) is 5.01. The lowest BCUT2D eigenvalue weighted by Crippen LogP contribution is -1.77. The minimum Gasteiger partial charge on any atom is -0.193 e. The van der Waals surface area contributed by atoms with Crippen molar-refractivity contribution >= 4 is 12.2 Å². The van der Waals surface area contributed by atoms with Gasteiger partial charge in [0.2, 0.25) is 0 Å². The van der Waals surface area contributed by atoms with Crippen molar-refractivity contribution in [2.75, 3.05) is 0 Å². The molecule has 0 aliphatic carbocycles. The van der Waals surface area contributed by atoms with Gasteiger partial charge in [-0.25, -0.2) is 0 Å². The summed E-state index contributed by atoms with van der Waals surface area (Å²) in [5.74, 6) is 0. The van der Waals surface area contributed by atoms with Gasteiger partial charge >= 0.3 is 0 Å². The van der Waals surface area contributed by atoms with Crippen LogP contribution >= 0.6 is 0 Å². The van der Waals surface area contributed by atoms with Crippen molar-refractivity contribution in [1.29, 1.82) is 5.26 Å². The van der Waals surface area contributed by atoms with Gasteiger partial charge in [0.25, 0.3) is 0 Å². The molecule has 0 bridgehead atoms. The summed E-state index contributed by atoms with van der Waals surface area (Å²) >= 11 is 0. The quantitative estimate of drug-likeness (QED) is 0.602. The molecular formula is C11H9N. The second kappa shape index (κ2) is 4.15. The van der Waals surface area contributed by atoms with Crippen LogP contribution in [0.5, 0.6) is 0 Å². The third-order valence-corrected chi connectivity index (χ3v) is 1.55. The summed E-state index contributed by atoms with van der Waals surface area (Å²) in [5.41, 5.74) is 2.07. The number of nitrogens with zero attached hydrogens (tertiary/aromatic N) is 1. The number of nitriles is 1. The second-order valence-corrected chi connectivity index (χ2v) is 2.30. The van der Waals surface area contributed by atoms with Crippen LogP contribution in [0.3, 0.4) is 0 Å². The Morgan fingerprint density at radius 2 is 1.92 bits per heavy atom. The standard InChI is InChI=1S/C11H9N/c1-2-10-6-3-4-7-11(10)8-5-9-12/h2-8H,1H2. The highest BCUT2D eigenvalue weighted by Crippen LogP contribution is 2.11. The Morgan fingerprint density at radius 3 is 2.50 bits per heavy atom. The summed E-state index contributed by atoms with van der Waals surface area (Å²) in [5, 5.41) is 8.33. The number of rotatable bonds is 2. The molecule has 0 N–H and O–H groups in total. The maximum atomic E-state index is 8.33. The van der Waals surface area contributed by atoms with Crippen LogP contribution in [0.2, 0.25) is 0 Å². The molecule has 0 aliphatic heterocycles. The van der Waals surface area contributed by atoms with E-state index >= 15 is 0 Å². The number of benzene rings is 1. The molecule has 0 radical (unpaired) electrons. The molecule has 0 heterocycles. The van der Waals surface area contributed by atoms with Gasteiger partial charge in [-0.15, -0.1) is 0 Å². The summed E-state index contributed by atoms with van der Waals surface area (Å²) < 4.78 is 0. The van der Waals surface area contributed by atoms with Gasteiger partial charge in [-0.1, -0.05) is 36.9 Å². The molecule has 0 spiro atoms. The molecule has 0 atom stereocenters. The van der Waals surface area contributed by atoms with Crippen LogP contribution in [0.1, 0.15) is 11.1 Å². The largest absolute Gasteiger partial charge is 0.193 e. The Morgan fingerprint density at radius 1 is 1.25 bits per heavy atom. The van der Waals surface area contributed by atoms with Crippen molar-refractivity contribution in [3.05, 3.63) is 48.0 Å². The predicted octanol–water partition coefficient (Wildman–Crippen LogP) is 2.87. The van der Waals surface area contributed by atoms with Crippen molar-refractivity contribution < 1.29 is 0 Å². The zero-order chi connectivity index (χ0) is 8.81. The minimum absolute atomic E-state index is 1.02. The molecule has 1 aromatic carbocycles. The fraction of sp³-hybridized carbons (Fsp3) is 0. The van der Waals surface area contributed by atoms with E-state index < -0.39 is 0 Å². The Bertz CT molecular complexity index is 342. The van der Waals surface area contributed by atoms with Gasteiger partial charge in [-0.3, -0.25) is 0 Å². The van der Waals surface area contributed by atoms with Crippen molar-refractivity contribution in [2.24, 2.45) is 0 Å². The van der Waals surface area contributed by atoms with Gasteiger partial charge in [0.15, 0.2) is 0 Å². The zero-order valence-electron chi connectivity index (χ0n) is 6.70. The third kappa shape index (κ3) is 1.83. The maximum absolute atomic E-state index is 8.33. The van der Waals surface area contributed by atoms with Crippen molar-refractivity contribution in [3.63, 3.8) is 0 Å². The van der Waals surface area contributed by atoms with Crippen LogP contribution in [0.4, 0.5) is 0 Å². The summed E-state index contributed by atoms with van der Waals surface area (Å²) in [7, 11) is 0. The number of hydrogen-bond donors (Lipinski definition) is 0. The first-order valence-electron chi connectivity index (χ1n) is 3.66. The van der Waals surface area contributed by atoms with Crippen LogP contribution in [-0.2, 0) is 0 Å². The highest BCUT2D eigenvalue weighted by Gasteiger charge is 1.91. The Hall–Kier alpha value is -1.81. The molecule has 1 aromatic rings. The van der Waals surface area contributed by atoms with Crippen LogP contribution < -0.4 is 0 Å². The molecule has 1 rings (SSSR count). The summed E-state index contributed by atoms with van der Waals surface area (Å²) in [4.78, 5) is 0. The predicted molar refractivity (Wildman–Crippen MR) is 51.2 cm³/mol. The van der Waals surface area contributed by atoms with E-state index in [4.69, 9.17) is 5.26 Å². The Balaban J connectivity index is 3.07. The van der Waals surface area contributed by atoms with Crippen molar-refractivity contribution in [1.82, 2.24) is 0 Å². The van der Waals surface area contributed by atoms with E-state index in [-0.39, 0.29) is 0 Å². The SMILES string of the molecule is C=Cc1ccccc1C=CC#N. The van der Waals surface area contributed by atoms with Gasteiger partial charge in [-0.05, 0) is 17.2 Å². The van der Waals surface area contributed by atoms with Crippen molar-refractivity contribution in [2.45, 2.75) is 0 Å². The topological polar surface area (TPSA) is 23.8 Å². The van der Waals surface area contributed by atoms with Gasteiger partial charge in [0.1, 0.15) is 0 Å². The molecule has 12 heavy (non-hydrogen) atoms. The Kier molecular flexibility index (Phi) is 2.87. The normalized spacial score (nSPS) is 9.58. The van der Waals surface area contributed by atoms with Crippen LogP contribution in [-0.4, -0.2) is 0 Å². The van der Waals surface area contributed by atoms with E-state index in [1.807, 2.05) is 30.3 Å². The molecule has 0 fully saturated rings. The van der Waals surface area contributed by atoms with E-state index in [0.29, 0.717) is 0 Å². The average Bonchev–Trinajstić information content (AvgIpc) is 2.15. The molecule has 0 aliphatic rings. The summed E-state index contributed by atoms with van der Waals surface area (Å²) in [6, 6.07) is 9.74. The van der Waals surface area contributed by atoms with Gasteiger partial charge < -0.3 is 0 Å². The average molecular weight is 155 g/mol. The third-order valence-electron chi connectivity index (χ3n) is 1.55. The zero-order valence-corrected chi connectivity index (χ0v) is 6.70. The number of allylic oxidation sites excluding steroid dienone is 1. The smallest absolute Gasteiger partial charge is 0.0912 e. The highest BCUT2D eigenvalue weighted by atomic mass is 14.2. The van der Waals surface area contributed by atoms with Crippen LogP contribution in [0.15, 0.2) is 36.9 Å². The first kappa shape index (κ1) is 8.29. The lowest BCUT2D eigenvalue weighted by molar-refractivity contribution is 1.53. The molecule has 0 unspecified atom stereocenters. The lowest BCUT2D eigenvalue weighted by Gasteiger charge is -1.97. The molecule has 58 valence electrons. The molecule has 0 saturated heterocycles. The molecule has 0 saturated carbocycles. The van der Waals surface area contributed by atoms with E-state index in [1.165, 1.54) is 6.08 Å². The number of hydrogen-bond acceptors (Lipinski definition) is 1. The lowest BCUT2D eigenvalue weighted by atomic mass is 10.1. The molecule has 0 amide bonds.